The molecule has 1 aromatic carbocycles. The average molecular weight is 455 g/mol. The lowest BCUT2D eigenvalue weighted by atomic mass is 10.2. The highest BCUT2D eigenvalue weighted by molar-refractivity contribution is 5.82. The van der Waals surface area contributed by atoms with Crippen LogP contribution < -0.4 is 5.32 Å². The number of pyridine rings is 1. The number of aryl methyl sites for hydroxylation is 2. The van der Waals surface area contributed by atoms with Gasteiger partial charge in [-0.15, -0.1) is 5.10 Å². The van der Waals surface area contributed by atoms with Crippen molar-refractivity contribution in [2.45, 2.75) is 20.5 Å². The molecule has 34 heavy (non-hydrogen) atoms. The van der Waals surface area contributed by atoms with E-state index in [1.54, 1.807) is 54.2 Å². The van der Waals surface area contributed by atoms with Crippen molar-refractivity contribution in [2.24, 2.45) is 0 Å². The molecule has 0 saturated heterocycles. The molecule has 4 aromatic heterocycles. The van der Waals surface area contributed by atoms with Crippen LogP contribution in [0.15, 0.2) is 48.8 Å². The van der Waals surface area contributed by atoms with Gasteiger partial charge < -0.3 is 10.4 Å². The summed E-state index contributed by atoms with van der Waals surface area (Å²) in [6.07, 6.45) is 1.54. The third-order valence-corrected chi connectivity index (χ3v) is 5.26. The molecule has 0 radical (unpaired) electrons. The zero-order chi connectivity index (χ0) is 23.8. The maximum absolute atomic E-state index is 14.7. The topological polar surface area (TPSA) is 130 Å². The number of anilines is 2. The first-order valence-corrected chi connectivity index (χ1v) is 10.3. The van der Waals surface area contributed by atoms with Crippen molar-refractivity contribution in [3.63, 3.8) is 0 Å². The third kappa shape index (κ3) is 3.72. The number of rotatable bonds is 5. The molecule has 2 N–H and O–H groups in total. The Labute approximate surface area is 193 Å². The number of aromatic nitrogens is 7. The summed E-state index contributed by atoms with van der Waals surface area (Å²) in [6.45, 7) is 3.35. The monoisotopic (exact) mass is 455 g/mol. The molecule has 0 aliphatic heterocycles. The highest BCUT2D eigenvalue weighted by Crippen LogP contribution is 2.27. The zero-order valence-electron chi connectivity index (χ0n) is 18.2. The Kier molecular flexibility index (Phi) is 5.19. The summed E-state index contributed by atoms with van der Waals surface area (Å²) in [4.78, 5) is 8.99. The first-order chi connectivity index (χ1) is 16.5. The van der Waals surface area contributed by atoms with E-state index in [9.17, 15) is 14.8 Å². The van der Waals surface area contributed by atoms with Crippen LogP contribution in [0.25, 0.3) is 22.7 Å². The van der Waals surface area contributed by atoms with Crippen molar-refractivity contribution in [3.05, 3.63) is 77.3 Å². The van der Waals surface area contributed by atoms with Crippen LogP contribution >= 0.6 is 0 Å². The summed E-state index contributed by atoms with van der Waals surface area (Å²) in [6, 6.07) is 13.5. The fourth-order valence-corrected chi connectivity index (χ4v) is 3.56. The number of aliphatic hydroxyl groups is 1. The smallest absolute Gasteiger partial charge is 0.163 e. The predicted octanol–water partition coefficient (Wildman–Crippen LogP) is 3.26. The molecular formula is C23H18FN9O. The Morgan fingerprint density at radius 2 is 1.97 bits per heavy atom. The Morgan fingerprint density at radius 3 is 2.68 bits per heavy atom. The number of benzene rings is 1. The number of nitrogens with zero attached hydrogens (tertiary/aromatic N) is 8. The molecule has 0 unspecified atom stereocenters. The normalized spacial score (nSPS) is 11.0. The number of hydrogen-bond donors (Lipinski definition) is 2. The van der Waals surface area contributed by atoms with Gasteiger partial charge in [-0.3, -0.25) is 4.57 Å². The van der Waals surface area contributed by atoms with E-state index in [0.29, 0.717) is 39.7 Å². The minimum atomic E-state index is -0.486. The van der Waals surface area contributed by atoms with Crippen LogP contribution in [0.2, 0.25) is 0 Å². The van der Waals surface area contributed by atoms with Gasteiger partial charge in [0, 0.05) is 17.3 Å². The number of nitrogens with one attached hydrogen (secondary N) is 1. The molecular weight excluding hydrogens is 437 g/mol. The van der Waals surface area contributed by atoms with Gasteiger partial charge in [0.1, 0.15) is 24.0 Å². The van der Waals surface area contributed by atoms with Crippen molar-refractivity contribution in [1.29, 1.82) is 5.26 Å². The maximum atomic E-state index is 14.7. The van der Waals surface area contributed by atoms with Gasteiger partial charge in [0.25, 0.3) is 0 Å². The lowest BCUT2D eigenvalue weighted by molar-refractivity contribution is 0.280. The number of fused-ring (bicyclic) bond motifs is 1. The molecule has 0 aliphatic carbocycles. The van der Waals surface area contributed by atoms with E-state index in [4.69, 9.17) is 0 Å². The summed E-state index contributed by atoms with van der Waals surface area (Å²) in [5.41, 5.74) is 3.48. The van der Waals surface area contributed by atoms with Crippen LogP contribution in [0.4, 0.5) is 15.9 Å². The van der Waals surface area contributed by atoms with Crippen LogP contribution in [0.3, 0.4) is 0 Å². The van der Waals surface area contributed by atoms with E-state index in [2.05, 4.69) is 30.6 Å². The summed E-state index contributed by atoms with van der Waals surface area (Å²) in [7, 11) is 0. The molecule has 0 aliphatic rings. The van der Waals surface area contributed by atoms with Crippen molar-refractivity contribution in [1.82, 2.24) is 34.5 Å². The van der Waals surface area contributed by atoms with Crippen LogP contribution in [0.1, 0.15) is 22.6 Å². The fraction of sp³-hybridized carbons (Fsp3) is 0.130. The number of aliphatic hydroxyl groups excluding tert-OH is 1. The van der Waals surface area contributed by atoms with E-state index >= 15 is 0 Å². The van der Waals surface area contributed by atoms with Crippen LogP contribution in [-0.2, 0) is 6.61 Å². The fourth-order valence-electron chi connectivity index (χ4n) is 3.56. The van der Waals surface area contributed by atoms with Gasteiger partial charge in [-0.25, -0.2) is 19.0 Å². The maximum Gasteiger partial charge on any atom is 0.163 e. The summed E-state index contributed by atoms with van der Waals surface area (Å²) in [5.74, 6) is 0.790. The van der Waals surface area contributed by atoms with Gasteiger partial charge in [0.05, 0.1) is 29.0 Å². The molecule has 4 heterocycles. The lowest BCUT2D eigenvalue weighted by Crippen LogP contribution is -2.09. The van der Waals surface area contributed by atoms with Crippen molar-refractivity contribution in [2.75, 3.05) is 5.32 Å². The largest absolute Gasteiger partial charge is 0.392 e. The zero-order valence-corrected chi connectivity index (χ0v) is 18.2. The van der Waals surface area contributed by atoms with Crippen molar-refractivity contribution < 1.29 is 9.50 Å². The molecule has 11 heteroatoms. The van der Waals surface area contributed by atoms with E-state index in [1.165, 1.54) is 10.7 Å². The lowest BCUT2D eigenvalue weighted by Gasteiger charge is -2.12. The van der Waals surface area contributed by atoms with Gasteiger partial charge >= 0.3 is 0 Å². The first-order valence-electron chi connectivity index (χ1n) is 10.3. The number of imidazole rings is 1. The van der Waals surface area contributed by atoms with Crippen LogP contribution in [0, 0.1) is 31.0 Å². The molecule has 5 rings (SSSR count). The second kappa shape index (κ2) is 8.34. The molecule has 0 bridgehead atoms. The SMILES string of the molecule is Cc1ccc(Nc2cc3c(cc2F)ncn3-c2ccc(CO)c(-n3nc(C#N)cc3C)n2)nn1. The summed E-state index contributed by atoms with van der Waals surface area (Å²) < 4.78 is 17.9. The molecule has 0 amide bonds. The van der Waals surface area contributed by atoms with Gasteiger partial charge in [-0.1, -0.05) is 0 Å². The predicted molar refractivity (Wildman–Crippen MR) is 121 cm³/mol. The third-order valence-electron chi connectivity index (χ3n) is 5.26. The molecule has 168 valence electrons. The number of halogens is 1. The van der Waals surface area contributed by atoms with Crippen LogP contribution in [0.5, 0.6) is 0 Å². The molecule has 10 nitrogen and oxygen atoms in total. The minimum Gasteiger partial charge on any atom is -0.392 e. The number of hydrogen-bond acceptors (Lipinski definition) is 8. The van der Waals surface area contributed by atoms with Gasteiger partial charge in [-0.2, -0.15) is 15.5 Å². The summed E-state index contributed by atoms with van der Waals surface area (Å²) in [5, 5.41) is 34.2. The Balaban J connectivity index is 1.61. The second-order valence-corrected chi connectivity index (χ2v) is 7.63. The Bertz CT molecular complexity index is 1560. The highest BCUT2D eigenvalue weighted by atomic mass is 19.1. The van der Waals surface area contributed by atoms with E-state index in [1.807, 2.05) is 13.0 Å². The minimum absolute atomic E-state index is 0.209. The van der Waals surface area contributed by atoms with Gasteiger partial charge in [-0.05, 0) is 50.2 Å². The van der Waals surface area contributed by atoms with E-state index in [0.717, 1.165) is 5.69 Å². The number of nitriles is 1. The quantitative estimate of drug-likeness (QED) is 0.413. The Hall–Kier alpha value is -4.69. The van der Waals surface area contributed by atoms with Crippen molar-refractivity contribution in [3.8, 4) is 17.7 Å². The second-order valence-electron chi connectivity index (χ2n) is 7.63. The highest BCUT2D eigenvalue weighted by Gasteiger charge is 2.16. The van der Waals surface area contributed by atoms with Gasteiger partial charge in [0.15, 0.2) is 17.3 Å². The average Bonchev–Trinajstić information content (AvgIpc) is 3.43. The standard InChI is InChI=1S/C23H18FN9O/c1-13-3-5-21(30-29-13)27-18-9-20-19(8-17(18)24)26-12-32(20)22-6-4-15(11-34)23(28-22)33-14(2)7-16(10-25)31-33/h3-9,12,34H,11H2,1-2H3,(H,27,30). The molecule has 0 saturated carbocycles. The molecule has 0 spiro atoms. The molecule has 0 atom stereocenters. The van der Waals surface area contributed by atoms with Crippen LogP contribution in [-0.4, -0.2) is 39.6 Å². The van der Waals surface area contributed by atoms with E-state index < -0.39 is 5.82 Å². The van der Waals surface area contributed by atoms with E-state index in [-0.39, 0.29) is 18.0 Å². The Morgan fingerprint density at radius 1 is 1.12 bits per heavy atom. The summed E-state index contributed by atoms with van der Waals surface area (Å²) >= 11 is 0. The molecule has 0 fully saturated rings. The van der Waals surface area contributed by atoms with Gasteiger partial charge in [0.2, 0.25) is 0 Å². The molecule has 5 aromatic rings. The first kappa shape index (κ1) is 21.2. The van der Waals surface area contributed by atoms with Crippen molar-refractivity contribution >= 4 is 22.5 Å².